The molecule has 0 aliphatic carbocycles. The first-order valence-electron chi connectivity index (χ1n) is 28.5. The Balaban J connectivity index is 0.000000166. The fraction of sp³-hybridized carbons (Fsp3) is 0.156. The Morgan fingerprint density at radius 2 is 0.928 bits per heavy atom. The number of hydrogen-bond donors (Lipinski definition) is 9. The Morgan fingerprint density at radius 3 is 1.34 bits per heavy atom. The highest BCUT2D eigenvalue weighted by molar-refractivity contribution is 5.76. The van der Waals surface area contributed by atoms with Gasteiger partial charge in [0.05, 0.1) is 98.2 Å². The van der Waals surface area contributed by atoms with E-state index in [-0.39, 0.29) is 54.2 Å². The van der Waals surface area contributed by atoms with Gasteiger partial charge in [0, 0.05) is 66.4 Å². The van der Waals surface area contributed by atoms with E-state index >= 15 is 0 Å². The van der Waals surface area contributed by atoms with Gasteiger partial charge in [0.15, 0.2) is 12.3 Å². The van der Waals surface area contributed by atoms with Gasteiger partial charge in [0.25, 0.3) is 5.69 Å². The highest BCUT2D eigenvalue weighted by atomic mass is 19.4. The lowest BCUT2D eigenvalue weighted by atomic mass is 10.2. The van der Waals surface area contributed by atoms with Crippen LogP contribution in [0.15, 0.2) is 152 Å². The van der Waals surface area contributed by atoms with E-state index < -0.39 is 57.6 Å². The van der Waals surface area contributed by atoms with Crippen molar-refractivity contribution in [2.75, 3.05) is 53.1 Å². The number of allylic oxidation sites excluding steroid dienone is 2. The summed E-state index contributed by atoms with van der Waals surface area (Å²) in [4.78, 5) is 37.3. The molecule has 0 radical (unpaired) electrons. The van der Waals surface area contributed by atoms with Crippen LogP contribution >= 0.6 is 0 Å². The molecule has 1 aliphatic heterocycles. The predicted molar refractivity (Wildman–Crippen MR) is 337 cm³/mol. The molecule has 97 heavy (non-hydrogen) atoms. The predicted octanol–water partition coefficient (Wildman–Crippen LogP) is 14.9. The first-order valence-corrected chi connectivity index (χ1v) is 28.5. The number of aryl methyl sites for hydroxylation is 3. The number of alkyl halides is 9. The van der Waals surface area contributed by atoms with Crippen molar-refractivity contribution >= 4 is 75.1 Å². The second kappa shape index (κ2) is 29.4. The van der Waals surface area contributed by atoms with Crippen LogP contribution in [0.25, 0.3) is 57.7 Å². The molecule has 9 heterocycles. The molecule has 10 N–H and O–H groups in total. The number of nitrogens with zero attached hydrogens (tertiary/aromatic N) is 10. The van der Waals surface area contributed by atoms with Gasteiger partial charge < -0.3 is 37.2 Å². The number of anilines is 8. The molecule has 1 aliphatic rings. The van der Waals surface area contributed by atoms with Crippen molar-refractivity contribution in [2.24, 2.45) is 5.73 Å². The maximum absolute atomic E-state index is 13.8. The van der Waals surface area contributed by atoms with E-state index in [1.807, 2.05) is 5.48 Å². The van der Waals surface area contributed by atoms with Crippen LogP contribution in [0.1, 0.15) is 39.6 Å². The molecule has 0 bridgehead atoms. The molecule has 33 heteroatoms. The third kappa shape index (κ3) is 17.3. The van der Waals surface area contributed by atoms with E-state index in [0.717, 1.165) is 42.5 Å². The van der Waals surface area contributed by atoms with Crippen LogP contribution in [-0.4, -0.2) is 89.9 Å². The molecule has 12 rings (SSSR count). The van der Waals surface area contributed by atoms with Crippen LogP contribution in [0.4, 0.5) is 104 Å². The number of aromatic nitrogens is 9. The Morgan fingerprint density at radius 1 is 0.526 bits per heavy atom. The number of aliphatic hydroxyl groups excluding tert-OH is 2. The number of nitrogens with two attached hydrogens (primary N) is 1. The average Bonchev–Trinajstić information content (AvgIpc) is 1.67. The van der Waals surface area contributed by atoms with E-state index in [1.54, 1.807) is 43.5 Å². The summed E-state index contributed by atoms with van der Waals surface area (Å²) >= 11 is 0. The molecule has 0 saturated heterocycles. The molecule has 0 spiro atoms. The summed E-state index contributed by atoms with van der Waals surface area (Å²) in [5.74, 6) is -0.412. The first kappa shape index (κ1) is 69.8. The Kier molecular flexibility index (Phi) is 21.2. The van der Waals surface area contributed by atoms with Gasteiger partial charge in [0.1, 0.15) is 46.1 Å². The maximum Gasteiger partial charge on any atom is 0.416 e. The van der Waals surface area contributed by atoms with Gasteiger partial charge >= 0.3 is 24.4 Å². The number of fused-ring (bicyclic) bond motifs is 3. The van der Waals surface area contributed by atoms with E-state index in [0.29, 0.717) is 92.1 Å². The van der Waals surface area contributed by atoms with Gasteiger partial charge in [-0.05, 0) is 130 Å². The van der Waals surface area contributed by atoms with Crippen LogP contribution in [0.5, 0.6) is 0 Å². The second-order valence-corrected chi connectivity index (χ2v) is 20.8. The molecule has 21 nitrogen and oxygen atoms in total. The minimum atomic E-state index is -4.48. The van der Waals surface area contributed by atoms with Crippen LogP contribution in [-0.2, 0) is 18.5 Å². The molecule has 11 aromatic rings. The number of hydrogen-bond acceptors (Lipinski definition) is 17. The van der Waals surface area contributed by atoms with Gasteiger partial charge in [-0.15, -0.1) is 0 Å². The van der Waals surface area contributed by atoms with Gasteiger partial charge in [0.2, 0.25) is 5.82 Å². The largest absolute Gasteiger partial charge is 0.416 e. The van der Waals surface area contributed by atoms with Gasteiger partial charge in [-0.25, -0.2) is 33.7 Å². The summed E-state index contributed by atoms with van der Waals surface area (Å²) < 4.78 is 161. The summed E-state index contributed by atoms with van der Waals surface area (Å²) in [6.45, 7) is 5.81. The third-order valence-electron chi connectivity index (χ3n) is 13.8. The fourth-order valence-electron chi connectivity index (χ4n) is 9.56. The monoisotopic (exact) mass is 1350 g/mol. The number of benzene rings is 3. The maximum atomic E-state index is 13.8. The lowest BCUT2D eigenvalue weighted by Crippen LogP contribution is -2.08. The van der Waals surface area contributed by atoms with Gasteiger partial charge in [-0.3, -0.25) is 29.6 Å². The van der Waals surface area contributed by atoms with E-state index in [1.165, 1.54) is 106 Å². The zero-order valence-electron chi connectivity index (χ0n) is 50.6. The van der Waals surface area contributed by atoms with Crippen molar-refractivity contribution in [3.63, 3.8) is 0 Å². The van der Waals surface area contributed by atoms with Crippen molar-refractivity contribution in [1.82, 2.24) is 43.3 Å². The SMILES string of the molecule is Cc1nc2ccc(F)cn2c1-c1cc(NO)cc(Nc2ccc(C(F)(F)F)cc2)n1.Cc1nc2ccc(F)cn2c1-c1cc([N+](=O)[O-])cc(Nc2ccc(C(F)(F)F)cc2)n1.Cc1nc2n(c1-c1cc(NCCO)cc(Nc3ccc(C(F)(F)F)cc3)n1)C=C(F)[C+]=C2.NCCO. The number of nitrogens with one attached hydrogen (secondary N) is 5. The van der Waals surface area contributed by atoms with E-state index in [2.05, 4.69) is 57.2 Å². The molecule has 502 valence electrons. The summed E-state index contributed by atoms with van der Waals surface area (Å²) in [5, 5.41) is 49.4. The highest BCUT2D eigenvalue weighted by Gasteiger charge is 2.33. The van der Waals surface area contributed by atoms with E-state index in [4.69, 9.17) is 15.9 Å². The molecular weight excluding hydrogens is 1300 g/mol. The summed E-state index contributed by atoms with van der Waals surface area (Å²) in [6.07, 6.45) is -5.73. The van der Waals surface area contributed by atoms with Crippen molar-refractivity contribution in [2.45, 2.75) is 39.3 Å². The summed E-state index contributed by atoms with van der Waals surface area (Å²) in [6, 6.07) is 27.5. The smallest absolute Gasteiger partial charge is 0.395 e. The Hall–Kier alpha value is -11.5. The first-order chi connectivity index (χ1) is 46.0. The number of rotatable bonds is 15. The number of halogens is 12. The van der Waals surface area contributed by atoms with Crippen LogP contribution in [0, 0.1) is 48.6 Å². The molecule has 8 aromatic heterocycles. The quantitative estimate of drug-likeness (QED) is 0.0200. The van der Waals surface area contributed by atoms with Crippen LogP contribution in [0.3, 0.4) is 0 Å². The summed E-state index contributed by atoms with van der Waals surface area (Å²) in [5.41, 5.74) is 11.1. The number of nitro groups is 1. The zero-order valence-corrected chi connectivity index (χ0v) is 50.6. The molecular formula is C64H53F12N16O5+. The molecule has 0 saturated carbocycles. The molecule has 0 atom stereocenters. The van der Waals surface area contributed by atoms with Crippen molar-refractivity contribution in [3.05, 3.63) is 219 Å². The van der Waals surface area contributed by atoms with Crippen LogP contribution in [0.2, 0.25) is 0 Å². The lowest BCUT2D eigenvalue weighted by molar-refractivity contribution is -0.384. The molecule has 3 aromatic carbocycles. The second-order valence-electron chi connectivity index (χ2n) is 20.8. The van der Waals surface area contributed by atoms with Gasteiger partial charge in [-0.1, -0.05) is 0 Å². The molecule has 0 unspecified atom stereocenters. The normalized spacial score (nSPS) is 11.8. The average molecular weight is 1350 g/mol. The third-order valence-corrected chi connectivity index (χ3v) is 13.8. The van der Waals surface area contributed by atoms with E-state index in [9.17, 15) is 68.0 Å². The highest BCUT2D eigenvalue weighted by Crippen LogP contribution is 2.37. The van der Waals surface area contributed by atoms with Crippen LogP contribution < -0.4 is 32.5 Å². The fourth-order valence-corrected chi connectivity index (χ4v) is 9.56. The summed E-state index contributed by atoms with van der Waals surface area (Å²) in [7, 11) is 0. The number of imidazole rings is 3. The minimum absolute atomic E-state index is 0.0368. The van der Waals surface area contributed by atoms with Crippen molar-refractivity contribution < 1.29 is 73.0 Å². The van der Waals surface area contributed by atoms with Crippen molar-refractivity contribution in [1.29, 1.82) is 0 Å². The Labute approximate surface area is 541 Å². The minimum Gasteiger partial charge on any atom is -0.395 e. The standard InChI is InChI=1S/C22H18F4N5O.C20H13F4N5O2.C20H15F4N5O.C2H7NO/c1-13-21(31-12-15(23)4-7-20(31)28-13)18-10-17(27-8-9-32)11-19(30-18)29-16-5-2-14(3-6-16)22(24,25)26;1-11-19(28-10-13(21)4-7-18(28)25-11)16-8-15(29(30)31)9-17(27-16)26-14-5-2-12(3-6-14)20(22,23)24;1-11-19(29-10-13(21)4-7-18(29)25-11)16-8-15(28-30)9-17(27-16)26-14-5-2-12(3-6-14)20(22,23)24;3-1-2-4/h2-3,5-7,10-12,32H,8-9H2,1H3,(H2,27,29,30);2-10H,1H3,(H,26,27);2-10,30H,1H3,(H2,26,27,28);4H,1-3H2/q+1;;;. The zero-order chi connectivity index (χ0) is 70.1. The lowest BCUT2D eigenvalue weighted by Gasteiger charge is -2.13. The Bertz CT molecular complexity index is 4690. The molecule has 0 fully saturated rings. The van der Waals surface area contributed by atoms with Gasteiger partial charge in [-0.2, -0.15) is 53.5 Å². The number of pyridine rings is 5. The topological polar surface area (TPSA) is 281 Å². The van der Waals surface area contributed by atoms with Crippen molar-refractivity contribution in [3.8, 4) is 34.2 Å². The molecule has 0 amide bonds. The number of aliphatic hydroxyl groups is 2.